The first-order chi connectivity index (χ1) is 10.2. The van der Waals surface area contributed by atoms with Crippen molar-refractivity contribution in [3.8, 4) is 0 Å². The maximum atomic E-state index is 9.57. The van der Waals surface area contributed by atoms with Gasteiger partial charge >= 0.3 is 0 Å². The van der Waals surface area contributed by atoms with Gasteiger partial charge in [-0.3, -0.25) is 4.99 Å². The number of nitrogens with zero attached hydrogens (tertiary/aromatic N) is 2. The van der Waals surface area contributed by atoms with Crippen LogP contribution in [0.25, 0.3) is 0 Å². The lowest BCUT2D eigenvalue weighted by Gasteiger charge is -2.27. The van der Waals surface area contributed by atoms with Crippen LogP contribution in [0.2, 0.25) is 0 Å². The van der Waals surface area contributed by atoms with Gasteiger partial charge in [-0.05, 0) is 52.1 Å². The molecule has 1 fully saturated rings. The predicted molar refractivity (Wildman–Crippen MR) is 89.8 cm³/mol. The van der Waals surface area contributed by atoms with E-state index >= 15 is 0 Å². The molecule has 3 N–H and O–H groups in total. The highest BCUT2D eigenvalue weighted by atomic mass is 16.3. The number of aliphatic imine (C=N–C) groups is 1. The maximum absolute atomic E-state index is 9.57. The lowest BCUT2D eigenvalue weighted by molar-refractivity contribution is 0.120. The Morgan fingerprint density at radius 2 is 1.86 bits per heavy atom. The van der Waals surface area contributed by atoms with Crippen LogP contribution in [-0.2, 0) is 0 Å². The van der Waals surface area contributed by atoms with Crippen LogP contribution in [0.1, 0.15) is 52.9 Å². The van der Waals surface area contributed by atoms with E-state index in [0.29, 0.717) is 6.04 Å². The summed E-state index contributed by atoms with van der Waals surface area (Å²) in [4.78, 5) is 7.12. The van der Waals surface area contributed by atoms with Crippen LogP contribution in [0.15, 0.2) is 4.99 Å². The summed E-state index contributed by atoms with van der Waals surface area (Å²) in [7, 11) is 0. The Balaban J connectivity index is 2.38. The minimum Gasteiger partial charge on any atom is -0.393 e. The molecule has 124 valence electrons. The summed E-state index contributed by atoms with van der Waals surface area (Å²) < 4.78 is 0. The molecule has 0 heterocycles. The largest absolute Gasteiger partial charge is 0.393 e. The number of aliphatic hydroxyl groups excluding tert-OH is 1. The fraction of sp³-hybridized carbons (Fsp3) is 0.938. The monoisotopic (exact) mass is 298 g/mol. The zero-order chi connectivity index (χ0) is 15.5. The van der Waals surface area contributed by atoms with E-state index < -0.39 is 0 Å². The second-order valence-electron chi connectivity index (χ2n) is 5.84. The van der Waals surface area contributed by atoms with E-state index in [-0.39, 0.29) is 6.10 Å². The molecule has 0 bridgehead atoms. The molecule has 0 spiro atoms. The first-order valence-electron chi connectivity index (χ1n) is 8.64. The number of rotatable bonds is 8. The fourth-order valence-electron chi connectivity index (χ4n) is 2.78. The molecule has 0 radical (unpaired) electrons. The summed E-state index contributed by atoms with van der Waals surface area (Å²) in [6.45, 7) is 11.5. The number of nitrogens with one attached hydrogen (secondary N) is 2. The Morgan fingerprint density at radius 1 is 1.14 bits per heavy atom. The van der Waals surface area contributed by atoms with Gasteiger partial charge in [0.05, 0.1) is 12.6 Å². The van der Waals surface area contributed by atoms with Crippen molar-refractivity contribution in [1.82, 2.24) is 15.5 Å². The van der Waals surface area contributed by atoms with Crippen LogP contribution < -0.4 is 10.6 Å². The minimum absolute atomic E-state index is 0.102. The van der Waals surface area contributed by atoms with Crippen molar-refractivity contribution in [1.29, 1.82) is 0 Å². The molecule has 0 atom stereocenters. The van der Waals surface area contributed by atoms with Gasteiger partial charge in [0.25, 0.3) is 0 Å². The standard InChI is InChI=1S/C16H34N4O/c1-4-12-20(6-3)13-11-18-16(17-5-2)19-14-7-9-15(21)10-8-14/h14-15,21H,4-13H2,1-3H3,(H2,17,18,19). The average molecular weight is 298 g/mol. The van der Waals surface area contributed by atoms with Crippen molar-refractivity contribution >= 4 is 5.96 Å². The second kappa shape index (κ2) is 10.9. The number of aliphatic hydroxyl groups is 1. The second-order valence-corrected chi connectivity index (χ2v) is 5.84. The molecule has 0 amide bonds. The Labute approximate surface area is 130 Å². The van der Waals surface area contributed by atoms with E-state index in [9.17, 15) is 5.11 Å². The lowest BCUT2D eigenvalue weighted by atomic mass is 9.93. The summed E-state index contributed by atoms with van der Waals surface area (Å²) >= 11 is 0. The molecule has 0 saturated heterocycles. The molecule has 0 aromatic heterocycles. The topological polar surface area (TPSA) is 59.9 Å². The van der Waals surface area contributed by atoms with Crippen LogP contribution in [-0.4, -0.2) is 60.8 Å². The van der Waals surface area contributed by atoms with E-state index in [1.807, 2.05) is 0 Å². The van der Waals surface area contributed by atoms with Crippen LogP contribution in [0, 0.1) is 0 Å². The molecule has 0 aromatic rings. The number of likely N-dealkylation sites (N-methyl/N-ethyl adjacent to an activating group) is 1. The van der Waals surface area contributed by atoms with E-state index in [2.05, 4.69) is 41.3 Å². The summed E-state index contributed by atoms with van der Waals surface area (Å²) in [5.74, 6) is 0.923. The van der Waals surface area contributed by atoms with E-state index in [4.69, 9.17) is 0 Å². The van der Waals surface area contributed by atoms with Gasteiger partial charge in [0.2, 0.25) is 0 Å². The van der Waals surface area contributed by atoms with Crippen molar-refractivity contribution in [3.63, 3.8) is 0 Å². The first-order valence-corrected chi connectivity index (χ1v) is 8.64. The highest BCUT2D eigenvalue weighted by Crippen LogP contribution is 2.18. The summed E-state index contributed by atoms with van der Waals surface area (Å²) in [6.07, 6.45) is 4.95. The normalized spacial score (nSPS) is 23.4. The van der Waals surface area contributed by atoms with Gasteiger partial charge in [0, 0.05) is 19.1 Å². The minimum atomic E-state index is -0.102. The molecular weight excluding hydrogens is 264 g/mol. The highest BCUT2D eigenvalue weighted by Gasteiger charge is 2.19. The van der Waals surface area contributed by atoms with Gasteiger partial charge < -0.3 is 20.6 Å². The molecule has 0 unspecified atom stereocenters. The Hall–Kier alpha value is -0.810. The van der Waals surface area contributed by atoms with Crippen molar-refractivity contribution in [3.05, 3.63) is 0 Å². The van der Waals surface area contributed by atoms with Crippen molar-refractivity contribution in [2.75, 3.05) is 32.7 Å². The summed E-state index contributed by atoms with van der Waals surface area (Å²) in [5, 5.41) is 16.4. The average Bonchev–Trinajstić information content (AvgIpc) is 2.48. The van der Waals surface area contributed by atoms with E-state index in [1.54, 1.807) is 0 Å². The molecule has 1 aliphatic rings. The third-order valence-corrected chi connectivity index (χ3v) is 4.05. The summed E-state index contributed by atoms with van der Waals surface area (Å²) in [6, 6.07) is 0.448. The zero-order valence-electron chi connectivity index (χ0n) is 14.1. The molecule has 5 heteroatoms. The Kier molecular flexibility index (Phi) is 9.42. The van der Waals surface area contributed by atoms with Gasteiger partial charge in [0.15, 0.2) is 5.96 Å². The van der Waals surface area contributed by atoms with Crippen LogP contribution in [0.5, 0.6) is 0 Å². The third-order valence-electron chi connectivity index (χ3n) is 4.05. The quantitative estimate of drug-likeness (QED) is 0.470. The molecule has 0 aromatic carbocycles. The third kappa shape index (κ3) is 7.67. The van der Waals surface area contributed by atoms with E-state index in [1.165, 1.54) is 6.42 Å². The lowest BCUT2D eigenvalue weighted by Crippen LogP contribution is -2.45. The Bertz CT molecular complexity index is 288. The molecular formula is C16H34N4O. The number of guanidine groups is 1. The molecule has 5 nitrogen and oxygen atoms in total. The molecule has 1 saturated carbocycles. The highest BCUT2D eigenvalue weighted by molar-refractivity contribution is 5.80. The number of hydrogen-bond acceptors (Lipinski definition) is 3. The van der Waals surface area contributed by atoms with Crippen molar-refractivity contribution in [2.24, 2.45) is 4.99 Å². The first kappa shape index (κ1) is 18.2. The van der Waals surface area contributed by atoms with E-state index in [0.717, 1.165) is 64.4 Å². The predicted octanol–water partition coefficient (Wildman–Crippen LogP) is 1.58. The number of hydrogen-bond donors (Lipinski definition) is 3. The smallest absolute Gasteiger partial charge is 0.191 e. The molecule has 21 heavy (non-hydrogen) atoms. The van der Waals surface area contributed by atoms with Gasteiger partial charge in [-0.15, -0.1) is 0 Å². The SMILES string of the molecule is CCCN(CC)CCN=C(NCC)NC1CCC(O)CC1. The van der Waals surface area contributed by atoms with Crippen LogP contribution in [0.3, 0.4) is 0 Å². The van der Waals surface area contributed by atoms with Gasteiger partial charge in [0.1, 0.15) is 0 Å². The molecule has 0 aliphatic heterocycles. The maximum Gasteiger partial charge on any atom is 0.191 e. The zero-order valence-corrected chi connectivity index (χ0v) is 14.1. The molecule has 1 rings (SSSR count). The van der Waals surface area contributed by atoms with Gasteiger partial charge in [-0.25, -0.2) is 0 Å². The van der Waals surface area contributed by atoms with Crippen LogP contribution in [0.4, 0.5) is 0 Å². The van der Waals surface area contributed by atoms with Crippen LogP contribution >= 0.6 is 0 Å². The summed E-state index contributed by atoms with van der Waals surface area (Å²) in [5.41, 5.74) is 0. The van der Waals surface area contributed by atoms with Gasteiger partial charge in [-0.2, -0.15) is 0 Å². The van der Waals surface area contributed by atoms with Gasteiger partial charge in [-0.1, -0.05) is 13.8 Å². The van der Waals surface area contributed by atoms with Crippen molar-refractivity contribution in [2.45, 2.75) is 65.0 Å². The molecule has 1 aliphatic carbocycles. The Morgan fingerprint density at radius 3 is 2.43 bits per heavy atom. The fourth-order valence-corrected chi connectivity index (χ4v) is 2.78. The van der Waals surface area contributed by atoms with Crippen molar-refractivity contribution < 1.29 is 5.11 Å².